The minimum Gasteiger partial charge on any atom is -0.480 e. The van der Waals surface area contributed by atoms with Crippen molar-refractivity contribution in [2.45, 2.75) is 20.8 Å². The summed E-state index contributed by atoms with van der Waals surface area (Å²) in [5, 5.41) is 9.11. The van der Waals surface area contributed by atoms with Gasteiger partial charge in [0.25, 0.3) is 0 Å². The summed E-state index contributed by atoms with van der Waals surface area (Å²) in [6.45, 7) is 6.71. The van der Waals surface area contributed by atoms with Crippen LogP contribution in [0.2, 0.25) is 10.0 Å². The summed E-state index contributed by atoms with van der Waals surface area (Å²) in [5.74, 6) is -0.737. The number of carboxylic acid groups (broad SMARTS) is 1. The predicted octanol–water partition coefficient (Wildman–Crippen LogP) is 3.45. The Kier molecular flexibility index (Phi) is 7.83. The Morgan fingerprint density at radius 3 is 2.26 bits per heavy atom. The van der Waals surface area contributed by atoms with Gasteiger partial charge in [0.05, 0.1) is 5.02 Å². The van der Waals surface area contributed by atoms with Crippen molar-refractivity contribution in [1.82, 2.24) is 0 Å². The predicted molar refractivity (Wildman–Crippen MR) is 78.1 cm³/mol. The van der Waals surface area contributed by atoms with Gasteiger partial charge in [0.1, 0.15) is 5.75 Å². The summed E-state index contributed by atoms with van der Waals surface area (Å²) in [6, 6.07) is 4.58. The maximum absolute atomic E-state index is 10.2. The average Bonchev–Trinajstić information content (AvgIpc) is 2.27. The molecule has 1 rings (SSSR count). The number of nitrogens with two attached hydrogens (primary N) is 1. The van der Waals surface area contributed by atoms with Crippen molar-refractivity contribution in [1.29, 1.82) is 0 Å². The summed E-state index contributed by atoms with van der Waals surface area (Å²) in [6.07, 6.45) is 0. The molecule has 0 saturated carbocycles. The van der Waals surface area contributed by atoms with Crippen molar-refractivity contribution < 1.29 is 14.6 Å². The molecule has 0 aliphatic heterocycles. The summed E-state index contributed by atoms with van der Waals surface area (Å²) >= 11 is 11.3. The highest BCUT2D eigenvalue weighted by Gasteiger charge is 2.04. The second-order valence-electron chi connectivity index (χ2n) is 5.02. The summed E-state index contributed by atoms with van der Waals surface area (Å²) in [7, 11) is 0. The van der Waals surface area contributed by atoms with Gasteiger partial charge in [-0.2, -0.15) is 0 Å². The van der Waals surface area contributed by atoms with Gasteiger partial charge in [0.2, 0.25) is 0 Å². The van der Waals surface area contributed by atoms with Crippen LogP contribution in [-0.2, 0) is 4.79 Å². The number of rotatable bonds is 3. The topological polar surface area (TPSA) is 72.6 Å². The van der Waals surface area contributed by atoms with Gasteiger partial charge in [0.15, 0.2) is 6.61 Å². The highest BCUT2D eigenvalue weighted by molar-refractivity contribution is 6.35. The van der Waals surface area contributed by atoms with E-state index in [0.29, 0.717) is 21.2 Å². The molecular weight excluding hydrogens is 289 g/mol. The highest BCUT2D eigenvalue weighted by Crippen LogP contribution is 2.27. The monoisotopic (exact) mass is 307 g/mol. The third-order valence-electron chi connectivity index (χ3n) is 1.86. The van der Waals surface area contributed by atoms with E-state index in [1.54, 1.807) is 6.07 Å². The molecule has 0 radical (unpaired) electrons. The largest absolute Gasteiger partial charge is 0.480 e. The Labute approximate surface area is 123 Å². The molecule has 4 nitrogen and oxygen atoms in total. The Morgan fingerprint density at radius 2 is 1.89 bits per heavy atom. The van der Waals surface area contributed by atoms with Crippen LogP contribution in [0.25, 0.3) is 0 Å². The number of hydrogen-bond donors (Lipinski definition) is 2. The molecule has 3 N–H and O–H groups in total. The smallest absolute Gasteiger partial charge is 0.341 e. The first-order chi connectivity index (χ1) is 8.65. The number of ether oxygens (including phenoxy) is 1. The van der Waals surface area contributed by atoms with Crippen molar-refractivity contribution in [3.05, 3.63) is 28.2 Å². The minimum absolute atomic E-state index is 0.300. The van der Waals surface area contributed by atoms with E-state index in [2.05, 4.69) is 20.8 Å². The lowest BCUT2D eigenvalue weighted by Gasteiger charge is -2.12. The molecule has 6 heteroatoms. The summed E-state index contributed by atoms with van der Waals surface area (Å²) in [4.78, 5) is 10.2. The number of benzene rings is 1. The van der Waals surface area contributed by atoms with Crippen molar-refractivity contribution in [2.24, 2.45) is 11.1 Å². The van der Waals surface area contributed by atoms with Crippen LogP contribution < -0.4 is 10.5 Å². The van der Waals surface area contributed by atoms with Crippen molar-refractivity contribution in [3.63, 3.8) is 0 Å². The third-order valence-corrected chi connectivity index (χ3v) is 2.39. The molecule has 1 aromatic rings. The second kappa shape index (κ2) is 8.25. The van der Waals surface area contributed by atoms with Gasteiger partial charge in [-0.25, -0.2) is 4.79 Å². The van der Waals surface area contributed by atoms with Crippen molar-refractivity contribution >= 4 is 29.2 Å². The zero-order valence-corrected chi connectivity index (χ0v) is 12.8. The molecule has 0 heterocycles. The molecule has 0 bridgehead atoms. The van der Waals surface area contributed by atoms with E-state index < -0.39 is 12.6 Å². The van der Waals surface area contributed by atoms with E-state index in [9.17, 15) is 4.79 Å². The van der Waals surface area contributed by atoms with Gasteiger partial charge >= 0.3 is 5.97 Å². The van der Waals surface area contributed by atoms with Gasteiger partial charge in [-0.15, -0.1) is 0 Å². The van der Waals surface area contributed by atoms with Crippen LogP contribution in [0.5, 0.6) is 5.75 Å². The van der Waals surface area contributed by atoms with E-state index in [0.717, 1.165) is 6.54 Å². The lowest BCUT2D eigenvalue weighted by atomic mass is 9.98. The molecule has 0 aliphatic carbocycles. The van der Waals surface area contributed by atoms with Gasteiger partial charge in [-0.1, -0.05) is 44.0 Å². The Balaban J connectivity index is 0.000000459. The number of carboxylic acids is 1. The van der Waals surface area contributed by atoms with E-state index in [1.807, 2.05) is 0 Å². The van der Waals surface area contributed by atoms with E-state index >= 15 is 0 Å². The molecule has 0 aliphatic rings. The normalized spacial score (nSPS) is 10.4. The Bertz CT molecular complexity index is 417. The summed E-state index contributed by atoms with van der Waals surface area (Å²) in [5.41, 5.74) is 5.62. The molecule has 0 aromatic heterocycles. The molecule has 19 heavy (non-hydrogen) atoms. The van der Waals surface area contributed by atoms with E-state index in [-0.39, 0.29) is 0 Å². The zero-order valence-electron chi connectivity index (χ0n) is 11.2. The molecule has 0 spiro atoms. The van der Waals surface area contributed by atoms with Crippen LogP contribution in [0.4, 0.5) is 0 Å². The molecular formula is C13H19Cl2NO3. The summed E-state index contributed by atoms with van der Waals surface area (Å²) < 4.78 is 4.86. The molecule has 108 valence electrons. The second-order valence-corrected chi connectivity index (χ2v) is 5.87. The van der Waals surface area contributed by atoms with Crippen LogP contribution in [0.3, 0.4) is 0 Å². The van der Waals surface area contributed by atoms with Gasteiger partial charge < -0.3 is 15.6 Å². The first kappa shape index (κ1) is 18.0. The Hall–Kier alpha value is -0.970. The van der Waals surface area contributed by atoms with Gasteiger partial charge in [-0.3, -0.25) is 0 Å². The van der Waals surface area contributed by atoms with Gasteiger partial charge in [0, 0.05) is 5.02 Å². The zero-order chi connectivity index (χ0) is 15.1. The molecule has 1 aromatic carbocycles. The van der Waals surface area contributed by atoms with Crippen LogP contribution in [0.15, 0.2) is 18.2 Å². The van der Waals surface area contributed by atoms with Crippen LogP contribution in [0.1, 0.15) is 20.8 Å². The molecule has 0 amide bonds. The molecule has 0 saturated heterocycles. The van der Waals surface area contributed by atoms with Crippen LogP contribution in [0, 0.1) is 5.41 Å². The lowest BCUT2D eigenvalue weighted by Crippen LogP contribution is -2.18. The number of hydrogen-bond acceptors (Lipinski definition) is 3. The molecule has 0 atom stereocenters. The molecule has 0 unspecified atom stereocenters. The number of carbonyl (C=O) groups is 1. The lowest BCUT2D eigenvalue weighted by molar-refractivity contribution is -0.139. The number of aliphatic carboxylic acids is 1. The standard InChI is InChI=1S/C8H6Cl2O3.C5H13N/c9-5-1-2-7(6(10)3-5)13-4-8(11)12;1-5(2,3)4-6/h1-3H,4H2,(H,11,12);4,6H2,1-3H3. The SMILES string of the molecule is CC(C)(C)CN.O=C(O)COc1ccc(Cl)cc1Cl. The third kappa shape index (κ3) is 9.59. The number of halogens is 2. The minimum atomic E-state index is -1.05. The Morgan fingerprint density at radius 1 is 1.37 bits per heavy atom. The highest BCUT2D eigenvalue weighted by atomic mass is 35.5. The maximum Gasteiger partial charge on any atom is 0.341 e. The van der Waals surface area contributed by atoms with E-state index in [1.165, 1.54) is 12.1 Å². The van der Waals surface area contributed by atoms with Crippen molar-refractivity contribution in [3.8, 4) is 5.75 Å². The van der Waals surface area contributed by atoms with Crippen LogP contribution in [-0.4, -0.2) is 24.2 Å². The fourth-order valence-corrected chi connectivity index (χ4v) is 1.19. The van der Waals surface area contributed by atoms with Crippen LogP contribution >= 0.6 is 23.2 Å². The van der Waals surface area contributed by atoms with Gasteiger partial charge in [-0.05, 0) is 30.2 Å². The first-order valence-electron chi connectivity index (χ1n) is 5.65. The molecule has 0 fully saturated rings. The van der Waals surface area contributed by atoms with E-state index in [4.69, 9.17) is 38.8 Å². The first-order valence-corrected chi connectivity index (χ1v) is 6.41. The quantitative estimate of drug-likeness (QED) is 0.897. The fourth-order valence-electron chi connectivity index (χ4n) is 0.732. The average molecular weight is 308 g/mol. The maximum atomic E-state index is 10.2. The van der Waals surface area contributed by atoms with Crippen molar-refractivity contribution in [2.75, 3.05) is 13.2 Å². The fraction of sp³-hybridized carbons (Fsp3) is 0.462.